The van der Waals surface area contributed by atoms with Gasteiger partial charge in [-0.25, -0.2) is 4.68 Å². The zero-order chi connectivity index (χ0) is 13.0. The Morgan fingerprint density at radius 2 is 2.00 bits per heavy atom. The molecule has 1 fully saturated rings. The number of nitrogens with one attached hydrogen (secondary N) is 1. The Hall–Kier alpha value is -0.970. The molecule has 1 aromatic heterocycles. The zero-order valence-corrected chi connectivity index (χ0v) is 11.8. The molecular weight excluding hydrogens is 226 g/mol. The van der Waals surface area contributed by atoms with Crippen molar-refractivity contribution in [3.05, 3.63) is 5.82 Å². The third-order valence-electron chi connectivity index (χ3n) is 4.13. The van der Waals surface area contributed by atoms with E-state index in [1.165, 1.54) is 32.1 Å². The predicted molar refractivity (Wildman–Crippen MR) is 71.2 cm³/mol. The largest absolute Gasteiger partial charge is 0.308 e. The summed E-state index contributed by atoms with van der Waals surface area (Å²) < 4.78 is 2.03. The van der Waals surface area contributed by atoms with Crippen LogP contribution >= 0.6 is 0 Å². The maximum atomic E-state index is 4.21. The first-order valence-electron chi connectivity index (χ1n) is 7.25. The zero-order valence-electron chi connectivity index (χ0n) is 11.8. The summed E-state index contributed by atoms with van der Waals surface area (Å²) in [5.41, 5.74) is 0. The second-order valence-electron chi connectivity index (χ2n) is 5.40. The van der Waals surface area contributed by atoms with Gasteiger partial charge in [0.1, 0.15) is 0 Å². The topological polar surface area (TPSA) is 55.6 Å². The van der Waals surface area contributed by atoms with Crippen LogP contribution in [0.25, 0.3) is 0 Å². The predicted octanol–water partition coefficient (Wildman–Crippen LogP) is 2.48. The number of nitrogens with zero attached hydrogens (tertiary/aromatic N) is 4. The van der Waals surface area contributed by atoms with Crippen molar-refractivity contribution >= 4 is 0 Å². The number of rotatable bonds is 5. The molecule has 102 valence electrons. The first kappa shape index (κ1) is 13.5. The lowest BCUT2D eigenvalue weighted by Gasteiger charge is -2.28. The summed E-state index contributed by atoms with van der Waals surface area (Å²) in [6, 6.07) is 0.632. The Bertz CT molecular complexity index is 356. The minimum absolute atomic E-state index is 0.219. The van der Waals surface area contributed by atoms with Crippen molar-refractivity contribution in [2.45, 2.75) is 65.0 Å². The van der Waals surface area contributed by atoms with Gasteiger partial charge in [0, 0.05) is 0 Å². The summed E-state index contributed by atoms with van der Waals surface area (Å²) in [7, 11) is 0. The molecule has 1 aliphatic carbocycles. The summed E-state index contributed by atoms with van der Waals surface area (Å²) in [5, 5.41) is 15.6. The molecular formula is C13H25N5. The van der Waals surface area contributed by atoms with Gasteiger partial charge in [0.2, 0.25) is 0 Å². The molecule has 18 heavy (non-hydrogen) atoms. The van der Waals surface area contributed by atoms with E-state index < -0.39 is 0 Å². The molecule has 5 nitrogen and oxygen atoms in total. The van der Waals surface area contributed by atoms with Crippen molar-refractivity contribution < 1.29 is 0 Å². The van der Waals surface area contributed by atoms with Crippen LogP contribution in [0.4, 0.5) is 0 Å². The van der Waals surface area contributed by atoms with Gasteiger partial charge in [0.25, 0.3) is 0 Å². The lowest BCUT2D eigenvalue weighted by Crippen LogP contribution is -2.27. The maximum Gasteiger partial charge on any atom is 0.168 e. The normalized spacial score (nSPS) is 20.8. The van der Waals surface area contributed by atoms with Gasteiger partial charge >= 0.3 is 0 Å². The molecule has 0 amide bonds. The highest BCUT2D eigenvalue weighted by molar-refractivity contribution is 4.92. The van der Waals surface area contributed by atoms with Crippen molar-refractivity contribution in [1.82, 2.24) is 25.5 Å². The van der Waals surface area contributed by atoms with Gasteiger partial charge in [-0.05, 0) is 49.6 Å². The minimum Gasteiger partial charge on any atom is -0.308 e. The van der Waals surface area contributed by atoms with Crippen LogP contribution in [0.15, 0.2) is 0 Å². The Labute approximate surface area is 109 Å². The summed E-state index contributed by atoms with van der Waals surface area (Å²) in [4.78, 5) is 0. The van der Waals surface area contributed by atoms with Crippen molar-refractivity contribution in [3.63, 3.8) is 0 Å². The van der Waals surface area contributed by atoms with E-state index in [0.29, 0.717) is 6.04 Å². The molecule has 1 saturated carbocycles. The molecule has 1 N–H and O–H groups in total. The fourth-order valence-corrected chi connectivity index (χ4v) is 2.99. The summed E-state index contributed by atoms with van der Waals surface area (Å²) in [6.07, 6.45) is 6.73. The Morgan fingerprint density at radius 1 is 1.28 bits per heavy atom. The number of hydrogen-bond donors (Lipinski definition) is 1. The van der Waals surface area contributed by atoms with E-state index in [4.69, 9.17) is 0 Å². The first-order valence-corrected chi connectivity index (χ1v) is 7.25. The van der Waals surface area contributed by atoms with Crippen LogP contribution in [0.1, 0.15) is 70.8 Å². The highest BCUT2D eigenvalue weighted by Gasteiger charge is 2.25. The van der Waals surface area contributed by atoms with E-state index in [1.54, 1.807) is 0 Å². The number of tetrazole rings is 1. The van der Waals surface area contributed by atoms with E-state index >= 15 is 0 Å². The van der Waals surface area contributed by atoms with Crippen LogP contribution in [0, 0.1) is 5.92 Å². The van der Waals surface area contributed by atoms with E-state index in [2.05, 4.69) is 41.6 Å². The molecule has 0 spiro atoms. The van der Waals surface area contributed by atoms with E-state index in [1.807, 2.05) is 4.68 Å². The average molecular weight is 251 g/mol. The van der Waals surface area contributed by atoms with Crippen LogP contribution in [-0.4, -0.2) is 26.8 Å². The highest BCUT2D eigenvalue weighted by Crippen LogP contribution is 2.33. The standard InChI is InChI=1S/C13H25N5/c1-4-14-10(2)13-15-16-17-18(13)11(3)12-8-6-5-7-9-12/h10-12,14H,4-9H2,1-3H3. The van der Waals surface area contributed by atoms with Crippen LogP contribution in [-0.2, 0) is 0 Å². The Balaban J connectivity index is 2.09. The van der Waals surface area contributed by atoms with Gasteiger partial charge in [-0.3, -0.25) is 0 Å². The number of hydrogen-bond acceptors (Lipinski definition) is 4. The second-order valence-corrected chi connectivity index (χ2v) is 5.40. The van der Waals surface area contributed by atoms with Gasteiger partial charge in [-0.1, -0.05) is 26.2 Å². The van der Waals surface area contributed by atoms with Gasteiger partial charge in [-0.2, -0.15) is 0 Å². The van der Waals surface area contributed by atoms with Gasteiger partial charge in [-0.15, -0.1) is 5.10 Å². The fraction of sp³-hybridized carbons (Fsp3) is 0.923. The third-order valence-corrected chi connectivity index (χ3v) is 4.13. The molecule has 0 bridgehead atoms. The SMILES string of the molecule is CCNC(C)c1nnnn1C(C)C1CCCCC1. The lowest BCUT2D eigenvalue weighted by molar-refractivity contribution is 0.240. The van der Waals surface area contributed by atoms with Crippen LogP contribution in [0.3, 0.4) is 0 Å². The van der Waals surface area contributed by atoms with Crippen LogP contribution in [0.2, 0.25) is 0 Å². The fourth-order valence-electron chi connectivity index (χ4n) is 2.99. The van der Waals surface area contributed by atoms with Gasteiger partial charge in [0.15, 0.2) is 5.82 Å². The molecule has 1 aromatic rings. The van der Waals surface area contributed by atoms with Crippen molar-refractivity contribution in [2.75, 3.05) is 6.54 Å². The van der Waals surface area contributed by atoms with Gasteiger partial charge < -0.3 is 5.32 Å². The molecule has 0 radical (unpaired) electrons. The molecule has 0 aliphatic heterocycles. The van der Waals surface area contributed by atoms with Crippen molar-refractivity contribution in [1.29, 1.82) is 0 Å². The van der Waals surface area contributed by atoms with Gasteiger partial charge in [0.05, 0.1) is 12.1 Å². The van der Waals surface area contributed by atoms with Crippen LogP contribution < -0.4 is 5.32 Å². The van der Waals surface area contributed by atoms with E-state index in [0.717, 1.165) is 18.3 Å². The molecule has 2 unspecified atom stereocenters. The van der Waals surface area contributed by atoms with Crippen molar-refractivity contribution in [3.8, 4) is 0 Å². The quantitative estimate of drug-likeness (QED) is 0.873. The van der Waals surface area contributed by atoms with E-state index in [-0.39, 0.29) is 6.04 Å². The summed E-state index contributed by atoms with van der Waals surface area (Å²) in [5.74, 6) is 1.70. The third kappa shape index (κ3) is 2.88. The van der Waals surface area contributed by atoms with Crippen molar-refractivity contribution in [2.24, 2.45) is 5.92 Å². The maximum absolute atomic E-state index is 4.21. The molecule has 1 aliphatic rings. The summed E-state index contributed by atoms with van der Waals surface area (Å²) >= 11 is 0. The minimum atomic E-state index is 0.219. The molecule has 2 rings (SSSR count). The molecule has 2 atom stereocenters. The Morgan fingerprint density at radius 3 is 2.67 bits per heavy atom. The summed E-state index contributed by atoms with van der Waals surface area (Å²) in [6.45, 7) is 7.43. The second kappa shape index (κ2) is 6.27. The number of aromatic nitrogens is 4. The molecule has 1 heterocycles. The monoisotopic (exact) mass is 251 g/mol. The molecule has 5 heteroatoms. The smallest absolute Gasteiger partial charge is 0.168 e. The first-order chi connectivity index (χ1) is 8.74. The van der Waals surface area contributed by atoms with Crippen LogP contribution in [0.5, 0.6) is 0 Å². The average Bonchev–Trinajstić information content (AvgIpc) is 2.88. The molecule has 0 aromatic carbocycles. The highest BCUT2D eigenvalue weighted by atomic mass is 15.6. The van der Waals surface area contributed by atoms with E-state index in [9.17, 15) is 0 Å². The lowest BCUT2D eigenvalue weighted by atomic mass is 9.84. The molecule has 0 saturated heterocycles. The Kier molecular flexibility index (Phi) is 4.69.